The number of carbonyl (C=O) groups is 1. The van der Waals surface area contributed by atoms with Gasteiger partial charge in [0.05, 0.1) is 5.56 Å². The van der Waals surface area contributed by atoms with Crippen LogP contribution in [-0.2, 0) is 13.1 Å². The van der Waals surface area contributed by atoms with Gasteiger partial charge < -0.3 is 5.32 Å². The van der Waals surface area contributed by atoms with Crippen LogP contribution in [0.4, 0.5) is 0 Å². The van der Waals surface area contributed by atoms with E-state index in [9.17, 15) is 4.79 Å². The summed E-state index contributed by atoms with van der Waals surface area (Å²) in [6, 6.07) is 10.2. The molecule has 6 heteroatoms. The zero-order chi connectivity index (χ0) is 17.9. The number of nitrogens with one attached hydrogen (secondary N) is 2. The molecule has 1 aromatic carbocycles. The molecule has 0 atom stereocenters. The lowest BCUT2D eigenvalue weighted by molar-refractivity contribution is 0.0950. The van der Waals surface area contributed by atoms with Crippen molar-refractivity contribution >= 4 is 16.9 Å². The van der Waals surface area contributed by atoms with Crippen LogP contribution in [0.1, 0.15) is 40.0 Å². The molecule has 1 aliphatic rings. The molecule has 0 aliphatic carbocycles. The van der Waals surface area contributed by atoms with Crippen molar-refractivity contribution < 1.29 is 4.79 Å². The highest BCUT2D eigenvalue weighted by Crippen LogP contribution is 2.17. The Bertz CT molecular complexity index is 927. The summed E-state index contributed by atoms with van der Waals surface area (Å²) in [6.07, 6.45) is 4.14. The molecule has 0 spiro atoms. The minimum atomic E-state index is -0.115. The minimum absolute atomic E-state index is 0.115. The second-order valence-electron chi connectivity index (χ2n) is 6.88. The summed E-state index contributed by atoms with van der Waals surface area (Å²) in [4.78, 5) is 19.3. The fraction of sp³-hybridized carbons (Fsp3) is 0.350. The smallest absolute Gasteiger partial charge is 0.253 e. The van der Waals surface area contributed by atoms with Crippen LogP contribution in [-0.4, -0.2) is 39.1 Å². The first-order valence-corrected chi connectivity index (χ1v) is 9.09. The molecule has 26 heavy (non-hydrogen) atoms. The maximum atomic E-state index is 12.6. The molecule has 0 unspecified atom stereocenters. The van der Waals surface area contributed by atoms with Crippen molar-refractivity contribution in [2.24, 2.45) is 0 Å². The Balaban J connectivity index is 1.46. The summed E-state index contributed by atoms with van der Waals surface area (Å²) in [5.41, 5.74) is 4.56. The number of amides is 1. The van der Waals surface area contributed by atoms with Gasteiger partial charge >= 0.3 is 0 Å². The predicted octanol–water partition coefficient (Wildman–Crippen LogP) is 2.79. The number of H-pyrrole nitrogens is 1. The molecular formula is C20H23N5O. The lowest BCUT2D eigenvalue weighted by atomic mass is 10.1. The number of rotatable bonds is 5. The fourth-order valence-electron chi connectivity index (χ4n) is 3.49. The van der Waals surface area contributed by atoms with Crippen LogP contribution >= 0.6 is 0 Å². The first kappa shape index (κ1) is 16.7. The SMILES string of the molecule is Cc1[nH]nc2ncc(C(=O)NCc3ccccc3CN3CCCC3)cc12. The molecule has 6 nitrogen and oxygen atoms in total. The van der Waals surface area contributed by atoms with Crippen molar-refractivity contribution in [2.45, 2.75) is 32.9 Å². The van der Waals surface area contributed by atoms with Crippen LogP contribution in [0.2, 0.25) is 0 Å². The van der Waals surface area contributed by atoms with E-state index in [-0.39, 0.29) is 5.91 Å². The maximum absolute atomic E-state index is 12.6. The van der Waals surface area contributed by atoms with Crippen LogP contribution in [0.5, 0.6) is 0 Å². The van der Waals surface area contributed by atoms with Gasteiger partial charge in [-0.15, -0.1) is 0 Å². The van der Waals surface area contributed by atoms with E-state index in [1.165, 1.54) is 24.0 Å². The molecule has 2 aromatic heterocycles. The number of hydrogen-bond donors (Lipinski definition) is 2. The second kappa shape index (κ2) is 7.25. The number of likely N-dealkylation sites (tertiary alicyclic amines) is 1. The third kappa shape index (κ3) is 3.46. The van der Waals surface area contributed by atoms with Gasteiger partial charge in [0.25, 0.3) is 5.91 Å². The Labute approximate surface area is 152 Å². The number of pyridine rings is 1. The summed E-state index contributed by atoms with van der Waals surface area (Å²) in [5.74, 6) is -0.115. The summed E-state index contributed by atoms with van der Waals surface area (Å²) in [6.45, 7) is 5.72. The fourth-order valence-corrected chi connectivity index (χ4v) is 3.49. The Hall–Kier alpha value is -2.73. The van der Waals surface area contributed by atoms with Crippen molar-refractivity contribution in [1.29, 1.82) is 0 Å². The maximum Gasteiger partial charge on any atom is 0.253 e. The monoisotopic (exact) mass is 349 g/mol. The molecule has 4 rings (SSSR count). The van der Waals surface area contributed by atoms with Crippen LogP contribution in [0.25, 0.3) is 11.0 Å². The number of carbonyl (C=O) groups excluding carboxylic acids is 1. The zero-order valence-corrected chi connectivity index (χ0v) is 15.0. The Morgan fingerprint density at radius 2 is 2.00 bits per heavy atom. The largest absolute Gasteiger partial charge is 0.348 e. The van der Waals surface area contributed by atoms with Gasteiger partial charge in [0.2, 0.25) is 0 Å². The first-order chi connectivity index (χ1) is 12.7. The van der Waals surface area contributed by atoms with Crippen molar-refractivity contribution in [3.05, 3.63) is 58.9 Å². The summed E-state index contributed by atoms with van der Waals surface area (Å²) in [5, 5.41) is 10.9. The molecule has 0 radical (unpaired) electrons. The molecule has 1 fully saturated rings. The van der Waals surface area contributed by atoms with E-state index in [2.05, 4.69) is 43.6 Å². The number of aromatic nitrogens is 3. The Kier molecular flexibility index (Phi) is 4.67. The normalized spacial score (nSPS) is 14.8. The van der Waals surface area contributed by atoms with Gasteiger partial charge in [-0.25, -0.2) is 4.98 Å². The number of benzene rings is 1. The number of hydrogen-bond acceptors (Lipinski definition) is 4. The molecule has 3 heterocycles. The molecule has 1 saturated heterocycles. The highest BCUT2D eigenvalue weighted by molar-refractivity contribution is 5.97. The molecule has 3 aromatic rings. The number of aryl methyl sites for hydroxylation is 1. The predicted molar refractivity (Wildman–Crippen MR) is 101 cm³/mol. The van der Waals surface area contributed by atoms with Crippen molar-refractivity contribution in [1.82, 2.24) is 25.4 Å². The quantitative estimate of drug-likeness (QED) is 0.743. The van der Waals surface area contributed by atoms with Gasteiger partial charge in [-0.1, -0.05) is 24.3 Å². The summed E-state index contributed by atoms with van der Waals surface area (Å²) in [7, 11) is 0. The average molecular weight is 349 g/mol. The van der Waals surface area contributed by atoms with Crippen molar-refractivity contribution in [2.75, 3.05) is 13.1 Å². The van der Waals surface area contributed by atoms with Gasteiger partial charge in [-0.3, -0.25) is 14.8 Å². The highest BCUT2D eigenvalue weighted by Gasteiger charge is 2.14. The molecule has 1 amide bonds. The van der Waals surface area contributed by atoms with E-state index in [4.69, 9.17) is 0 Å². The number of fused-ring (bicyclic) bond motifs is 1. The average Bonchev–Trinajstić information content (AvgIpc) is 3.30. The van der Waals surface area contributed by atoms with Crippen LogP contribution < -0.4 is 5.32 Å². The molecule has 2 N–H and O–H groups in total. The summed E-state index contributed by atoms with van der Waals surface area (Å²) >= 11 is 0. The topological polar surface area (TPSA) is 73.9 Å². The van der Waals surface area contributed by atoms with E-state index in [1.807, 2.05) is 19.1 Å². The van der Waals surface area contributed by atoms with E-state index >= 15 is 0 Å². The lowest BCUT2D eigenvalue weighted by Crippen LogP contribution is -2.25. The third-order valence-electron chi connectivity index (χ3n) is 5.01. The van der Waals surface area contributed by atoms with Gasteiger partial charge in [-0.05, 0) is 50.0 Å². The van der Waals surface area contributed by atoms with Gasteiger partial charge in [0, 0.05) is 30.4 Å². The standard InChI is InChI=1S/C20H23N5O/c1-14-18-10-17(12-21-19(18)24-23-14)20(26)22-11-15-6-2-3-7-16(15)13-25-8-4-5-9-25/h2-3,6-7,10,12H,4-5,8-9,11,13H2,1H3,(H,22,26)(H,21,23,24). The highest BCUT2D eigenvalue weighted by atomic mass is 16.1. The van der Waals surface area contributed by atoms with Gasteiger partial charge in [-0.2, -0.15) is 5.10 Å². The minimum Gasteiger partial charge on any atom is -0.348 e. The number of nitrogens with zero attached hydrogens (tertiary/aromatic N) is 3. The van der Waals surface area contributed by atoms with Crippen LogP contribution in [0.15, 0.2) is 36.5 Å². The van der Waals surface area contributed by atoms with E-state index in [0.717, 1.165) is 30.7 Å². The molecule has 0 bridgehead atoms. The molecule has 1 aliphatic heterocycles. The Morgan fingerprint density at radius 1 is 1.23 bits per heavy atom. The van der Waals surface area contributed by atoms with E-state index in [0.29, 0.717) is 17.8 Å². The molecule has 134 valence electrons. The van der Waals surface area contributed by atoms with Crippen LogP contribution in [0.3, 0.4) is 0 Å². The Morgan fingerprint density at radius 3 is 2.81 bits per heavy atom. The summed E-state index contributed by atoms with van der Waals surface area (Å²) < 4.78 is 0. The molecular weight excluding hydrogens is 326 g/mol. The van der Waals surface area contributed by atoms with E-state index in [1.54, 1.807) is 6.20 Å². The van der Waals surface area contributed by atoms with Crippen LogP contribution in [0, 0.1) is 6.92 Å². The van der Waals surface area contributed by atoms with Gasteiger partial charge in [0.15, 0.2) is 5.65 Å². The van der Waals surface area contributed by atoms with Gasteiger partial charge in [0.1, 0.15) is 0 Å². The zero-order valence-electron chi connectivity index (χ0n) is 15.0. The molecule has 0 saturated carbocycles. The number of aromatic amines is 1. The second-order valence-corrected chi connectivity index (χ2v) is 6.88. The third-order valence-corrected chi connectivity index (χ3v) is 5.01. The van der Waals surface area contributed by atoms with Crippen molar-refractivity contribution in [3.63, 3.8) is 0 Å². The lowest BCUT2D eigenvalue weighted by Gasteiger charge is -2.17. The van der Waals surface area contributed by atoms with E-state index < -0.39 is 0 Å². The van der Waals surface area contributed by atoms with Crippen molar-refractivity contribution in [3.8, 4) is 0 Å². The first-order valence-electron chi connectivity index (χ1n) is 9.09.